The van der Waals surface area contributed by atoms with E-state index in [1.165, 1.54) is 0 Å². The van der Waals surface area contributed by atoms with Gasteiger partial charge in [0, 0.05) is 5.69 Å². The van der Waals surface area contributed by atoms with Crippen molar-refractivity contribution >= 4 is 0 Å². The molecule has 62 valence electrons. The number of nitrogens with zero attached hydrogens (tertiary/aromatic N) is 1. The van der Waals surface area contributed by atoms with Crippen LogP contribution in [0.1, 0.15) is 11.4 Å². The van der Waals surface area contributed by atoms with E-state index in [1.54, 1.807) is 0 Å². The molecule has 0 spiro atoms. The van der Waals surface area contributed by atoms with Crippen molar-refractivity contribution in [1.82, 2.24) is 10.2 Å². The van der Waals surface area contributed by atoms with E-state index in [9.17, 15) is 0 Å². The average Bonchev–Trinajstić information content (AvgIpc) is 1.87. The molecule has 0 atom stereocenters. The van der Waals surface area contributed by atoms with Crippen LogP contribution >= 0.6 is 0 Å². The van der Waals surface area contributed by atoms with Crippen LogP contribution in [0.4, 0.5) is 0 Å². The van der Waals surface area contributed by atoms with Gasteiger partial charge in [-0.3, -0.25) is 5.10 Å². The monoisotopic (exact) mass is 196 g/mol. The molecular formula is C5H8CrN2O3. The Morgan fingerprint density at radius 1 is 1.18 bits per heavy atom. The fraction of sp³-hybridized carbons (Fsp3) is 0.400. The summed E-state index contributed by atoms with van der Waals surface area (Å²) < 4.78 is 0. The van der Waals surface area contributed by atoms with Crippen molar-refractivity contribution in [2.24, 2.45) is 0 Å². The minimum Gasteiger partial charge on any atom is -2.00 e. The SMILES string of the molecule is Cc1cc(C)[nH]n1.[Cr+6].[O-2].[O-2].[O-2]. The summed E-state index contributed by atoms with van der Waals surface area (Å²) in [5.74, 6) is 0. The predicted molar refractivity (Wildman–Crippen MR) is 30.1 cm³/mol. The number of hydrogen-bond donors (Lipinski definition) is 1. The first-order valence-electron chi connectivity index (χ1n) is 2.27. The summed E-state index contributed by atoms with van der Waals surface area (Å²) in [7, 11) is 0. The molecule has 0 aromatic carbocycles. The molecule has 1 heterocycles. The van der Waals surface area contributed by atoms with Crippen molar-refractivity contribution in [2.45, 2.75) is 13.8 Å². The maximum absolute atomic E-state index is 3.89. The molecular weight excluding hydrogens is 188 g/mol. The van der Waals surface area contributed by atoms with Gasteiger partial charge in [0.2, 0.25) is 0 Å². The van der Waals surface area contributed by atoms with Crippen LogP contribution < -0.4 is 0 Å². The fourth-order valence-corrected chi connectivity index (χ4v) is 0.554. The Morgan fingerprint density at radius 2 is 1.64 bits per heavy atom. The molecule has 0 fully saturated rings. The van der Waals surface area contributed by atoms with Crippen LogP contribution in [0.15, 0.2) is 6.07 Å². The number of aromatic amines is 1. The average molecular weight is 196 g/mol. The number of hydrogen-bond acceptors (Lipinski definition) is 1. The molecule has 0 radical (unpaired) electrons. The Balaban J connectivity index is -0.0000000612. The van der Waals surface area contributed by atoms with Crippen LogP contribution in [-0.2, 0) is 33.8 Å². The normalized spacial score (nSPS) is 6.00. The van der Waals surface area contributed by atoms with Gasteiger partial charge in [0.25, 0.3) is 0 Å². The number of rotatable bonds is 0. The largest absolute Gasteiger partial charge is 6.00 e. The number of aryl methyl sites for hydroxylation is 2. The zero-order chi connectivity index (χ0) is 5.28. The Morgan fingerprint density at radius 3 is 1.73 bits per heavy atom. The maximum Gasteiger partial charge on any atom is 6.00 e. The minimum atomic E-state index is 0. The molecule has 0 amide bonds. The molecule has 0 aliphatic carbocycles. The van der Waals surface area contributed by atoms with Crippen molar-refractivity contribution < 1.29 is 33.8 Å². The molecule has 1 N–H and O–H groups in total. The summed E-state index contributed by atoms with van der Waals surface area (Å²) in [6.07, 6.45) is 0. The topological polar surface area (TPSA) is 114 Å². The summed E-state index contributed by atoms with van der Waals surface area (Å²) >= 11 is 0. The summed E-state index contributed by atoms with van der Waals surface area (Å²) in [5.41, 5.74) is 2.18. The van der Waals surface area contributed by atoms with Crippen LogP contribution in [-0.4, -0.2) is 10.2 Å². The summed E-state index contributed by atoms with van der Waals surface area (Å²) in [5, 5.41) is 6.71. The van der Waals surface area contributed by atoms with E-state index in [0.717, 1.165) is 11.4 Å². The van der Waals surface area contributed by atoms with Crippen molar-refractivity contribution in [1.29, 1.82) is 0 Å². The predicted octanol–water partition coefficient (Wildman–Crippen LogP) is 0.668. The third-order valence-corrected chi connectivity index (χ3v) is 0.834. The van der Waals surface area contributed by atoms with E-state index < -0.39 is 0 Å². The van der Waals surface area contributed by atoms with E-state index in [1.807, 2.05) is 19.9 Å². The molecule has 0 saturated heterocycles. The second-order valence-electron chi connectivity index (χ2n) is 1.69. The zero-order valence-electron chi connectivity index (χ0n) is 6.16. The van der Waals surface area contributed by atoms with Crippen molar-refractivity contribution in [2.75, 3.05) is 0 Å². The van der Waals surface area contributed by atoms with Gasteiger partial charge < -0.3 is 16.4 Å². The van der Waals surface area contributed by atoms with Gasteiger partial charge >= 0.3 is 17.4 Å². The summed E-state index contributed by atoms with van der Waals surface area (Å²) in [6.45, 7) is 3.95. The third-order valence-electron chi connectivity index (χ3n) is 0.834. The fourth-order valence-electron chi connectivity index (χ4n) is 0.554. The van der Waals surface area contributed by atoms with E-state index in [2.05, 4.69) is 10.2 Å². The van der Waals surface area contributed by atoms with Gasteiger partial charge in [-0.15, -0.1) is 0 Å². The Labute approximate surface area is 75.9 Å². The molecule has 0 bridgehead atoms. The second-order valence-corrected chi connectivity index (χ2v) is 1.69. The van der Waals surface area contributed by atoms with E-state index in [0.29, 0.717) is 0 Å². The quantitative estimate of drug-likeness (QED) is 0.645. The summed E-state index contributed by atoms with van der Waals surface area (Å²) in [6, 6.07) is 2.00. The molecule has 1 aromatic rings. The van der Waals surface area contributed by atoms with Crippen molar-refractivity contribution in [3.05, 3.63) is 17.5 Å². The van der Waals surface area contributed by atoms with Crippen LogP contribution in [0, 0.1) is 13.8 Å². The van der Waals surface area contributed by atoms with Gasteiger partial charge in [-0.1, -0.05) is 0 Å². The van der Waals surface area contributed by atoms with Crippen molar-refractivity contribution in [3.8, 4) is 0 Å². The van der Waals surface area contributed by atoms with Gasteiger partial charge in [0.05, 0.1) is 5.69 Å². The second kappa shape index (κ2) is 9.62. The molecule has 1 rings (SSSR count). The van der Waals surface area contributed by atoms with Crippen LogP contribution in [0.25, 0.3) is 0 Å². The van der Waals surface area contributed by atoms with Gasteiger partial charge in [0.15, 0.2) is 0 Å². The molecule has 5 nitrogen and oxygen atoms in total. The first-order chi connectivity index (χ1) is 3.29. The van der Waals surface area contributed by atoms with Crippen LogP contribution in [0.3, 0.4) is 0 Å². The standard InChI is InChI=1S/C5H8N2.Cr.3O/c1-4-3-5(2)7-6-4;;;;/h3H,1-2H3,(H,6,7);;;;/q;+6;3*-2. The molecule has 0 unspecified atom stereocenters. The van der Waals surface area contributed by atoms with Gasteiger partial charge in [-0.05, 0) is 19.9 Å². The Hall–Kier alpha value is -0.378. The van der Waals surface area contributed by atoms with Gasteiger partial charge in [-0.25, -0.2) is 0 Å². The number of H-pyrrole nitrogens is 1. The van der Waals surface area contributed by atoms with E-state index in [-0.39, 0.29) is 33.8 Å². The first kappa shape index (κ1) is 22.4. The van der Waals surface area contributed by atoms with Crippen LogP contribution in [0.5, 0.6) is 0 Å². The van der Waals surface area contributed by atoms with Crippen molar-refractivity contribution in [3.63, 3.8) is 0 Å². The number of aromatic nitrogens is 2. The van der Waals surface area contributed by atoms with Crippen LogP contribution in [0.2, 0.25) is 0 Å². The molecule has 0 aliphatic rings. The smallest absolute Gasteiger partial charge is 2.00 e. The number of nitrogens with one attached hydrogen (secondary N) is 1. The molecule has 1 aromatic heterocycles. The zero-order valence-corrected chi connectivity index (χ0v) is 7.43. The molecule has 11 heavy (non-hydrogen) atoms. The van der Waals surface area contributed by atoms with Gasteiger partial charge in [-0.2, -0.15) is 5.10 Å². The maximum atomic E-state index is 3.89. The van der Waals surface area contributed by atoms with E-state index >= 15 is 0 Å². The minimum absolute atomic E-state index is 0. The first-order valence-corrected chi connectivity index (χ1v) is 2.27. The Bertz CT molecular complexity index is 152. The molecule has 6 heteroatoms. The summed E-state index contributed by atoms with van der Waals surface area (Å²) in [4.78, 5) is 0. The molecule has 0 aliphatic heterocycles. The van der Waals surface area contributed by atoms with E-state index in [4.69, 9.17) is 0 Å². The van der Waals surface area contributed by atoms with Gasteiger partial charge in [0.1, 0.15) is 0 Å². The third kappa shape index (κ3) is 7.52. The Kier molecular flexibility index (Phi) is 19.6. The molecule has 0 saturated carbocycles.